The van der Waals surface area contributed by atoms with Crippen molar-refractivity contribution in [3.63, 3.8) is 0 Å². The molecule has 0 fully saturated rings. The maximum atomic E-state index is 11.4. The Labute approximate surface area is 108 Å². The fraction of sp³-hybridized carbons (Fsp3) is 0.364. The summed E-state index contributed by atoms with van der Waals surface area (Å²) in [6, 6.07) is 4.81. The number of anilines is 1. The highest BCUT2D eigenvalue weighted by molar-refractivity contribution is 7.78. The van der Waals surface area contributed by atoms with Crippen molar-refractivity contribution >= 4 is 22.9 Å². The molecule has 0 aliphatic heterocycles. The smallest absolute Gasteiger partial charge is 0.413 e. The molecule has 1 atom stereocenters. The van der Waals surface area contributed by atoms with Crippen LogP contribution in [0.25, 0.3) is 0 Å². The van der Waals surface area contributed by atoms with Gasteiger partial charge in [-0.25, -0.2) is 4.79 Å². The molecule has 0 spiro atoms. The van der Waals surface area contributed by atoms with Crippen molar-refractivity contribution in [1.82, 2.24) is 0 Å². The standard InChI is InChI=1S/C11H15NO5S/c1-12(11(13)17-3)9-6-8(7-18(14)15)4-5-10(9)16-2/h4-6H,7H2,1-3H3,(H,14,15)/p-1. The Bertz CT molecular complexity index is 463. The third-order valence-corrected chi connectivity index (χ3v) is 2.91. The van der Waals surface area contributed by atoms with Crippen molar-refractivity contribution in [2.24, 2.45) is 0 Å². The first-order valence-electron chi connectivity index (χ1n) is 5.04. The summed E-state index contributed by atoms with van der Waals surface area (Å²) in [7, 11) is 4.25. The van der Waals surface area contributed by atoms with E-state index < -0.39 is 17.2 Å². The molecule has 0 aliphatic carbocycles. The van der Waals surface area contributed by atoms with Crippen molar-refractivity contribution in [2.45, 2.75) is 5.75 Å². The molecule has 1 amide bonds. The Morgan fingerprint density at radius 3 is 2.61 bits per heavy atom. The summed E-state index contributed by atoms with van der Waals surface area (Å²) in [5.41, 5.74) is 1.02. The van der Waals surface area contributed by atoms with Crippen molar-refractivity contribution in [3.05, 3.63) is 23.8 Å². The van der Waals surface area contributed by atoms with Gasteiger partial charge in [0.1, 0.15) is 5.75 Å². The SMILES string of the molecule is COC(=O)N(C)c1cc(CS(=O)[O-])ccc1OC. The van der Waals surface area contributed by atoms with Crippen molar-refractivity contribution in [3.8, 4) is 5.75 Å². The minimum Gasteiger partial charge on any atom is -0.772 e. The van der Waals surface area contributed by atoms with Gasteiger partial charge in [-0.05, 0) is 17.7 Å². The largest absolute Gasteiger partial charge is 0.772 e. The summed E-state index contributed by atoms with van der Waals surface area (Å²) in [4.78, 5) is 12.7. The highest BCUT2D eigenvalue weighted by atomic mass is 32.2. The lowest BCUT2D eigenvalue weighted by Crippen LogP contribution is -2.26. The van der Waals surface area contributed by atoms with E-state index in [0.29, 0.717) is 17.0 Å². The summed E-state index contributed by atoms with van der Waals surface area (Å²) < 4.78 is 31.0. The van der Waals surface area contributed by atoms with E-state index in [2.05, 4.69) is 4.74 Å². The third-order valence-electron chi connectivity index (χ3n) is 2.34. The number of nitrogens with zero attached hydrogens (tertiary/aromatic N) is 1. The van der Waals surface area contributed by atoms with Crippen LogP contribution in [-0.4, -0.2) is 36.1 Å². The molecule has 0 saturated carbocycles. The van der Waals surface area contributed by atoms with Gasteiger partial charge in [-0.1, -0.05) is 17.1 Å². The summed E-state index contributed by atoms with van der Waals surface area (Å²) in [6.07, 6.45) is -0.561. The summed E-state index contributed by atoms with van der Waals surface area (Å²) in [5, 5.41) is 0. The zero-order valence-electron chi connectivity index (χ0n) is 10.3. The maximum Gasteiger partial charge on any atom is 0.413 e. The second-order valence-corrected chi connectivity index (χ2v) is 4.38. The molecule has 18 heavy (non-hydrogen) atoms. The van der Waals surface area contributed by atoms with Crippen molar-refractivity contribution in [1.29, 1.82) is 0 Å². The molecule has 6 nitrogen and oxygen atoms in total. The Balaban J connectivity index is 3.13. The van der Waals surface area contributed by atoms with Crippen LogP contribution >= 0.6 is 0 Å². The second-order valence-electron chi connectivity index (χ2n) is 3.48. The highest BCUT2D eigenvalue weighted by Crippen LogP contribution is 2.29. The van der Waals surface area contributed by atoms with Gasteiger partial charge in [0.05, 0.1) is 19.9 Å². The topological polar surface area (TPSA) is 78.9 Å². The summed E-state index contributed by atoms with van der Waals surface area (Å²) in [5.74, 6) is 0.342. The van der Waals surface area contributed by atoms with Crippen LogP contribution in [0.1, 0.15) is 5.56 Å². The van der Waals surface area contributed by atoms with Crippen LogP contribution in [0.4, 0.5) is 10.5 Å². The fourth-order valence-corrected chi connectivity index (χ4v) is 1.91. The zero-order valence-corrected chi connectivity index (χ0v) is 11.2. The molecule has 0 saturated heterocycles. The van der Waals surface area contributed by atoms with Crippen LogP contribution < -0.4 is 9.64 Å². The van der Waals surface area contributed by atoms with Crippen LogP contribution in [0.3, 0.4) is 0 Å². The molecule has 0 aromatic heterocycles. The molecule has 0 aliphatic rings. The van der Waals surface area contributed by atoms with Gasteiger partial charge >= 0.3 is 6.09 Å². The Hall–Kier alpha value is -1.60. The minimum atomic E-state index is -2.18. The summed E-state index contributed by atoms with van der Waals surface area (Å²) in [6.45, 7) is 0. The average molecular weight is 272 g/mol. The number of carbonyl (C=O) groups is 1. The lowest BCUT2D eigenvalue weighted by atomic mass is 10.2. The molecule has 1 aromatic rings. The van der Waals surface area contributed by atoms with E-state index in [1.807, 2.05) is 0 Å². The molecule has 7 heteroatoms. The predicted octanol–water partition coefficient (Wildman–Crippen LogP) is 1.28. The molecule has 1 aromatic carbocycles. The van der Waals surface area contributed by atoms with E-state index in [0.717, 1.165) is 0 Å². The average Bonchev–Trinajstić information content (AvgIpc) is 2.36. The monoisotopic (exact) mass is 272 g/mol. The van der Waals surface area contributed by atoms with Crippen molar-refractivity contribution in [2.75, 3.05) is 26.2 Å². The minimum absolute atomic E-state index is 0.119. The number of hydrogen-bond acceptors (Lipinski definition) is 5. The number of benzene rings is 1. The first-order chi connectivity index (χ1) is 8.49. The normalized spacial score (nSPS) is 11.8. The van der Waals surface area contributed by atoms with Crippen LogP contribution in [0, 0.1) is 0 Å². The second kappa shape index (κ2) is 6.36. The number of amides is 1. The van der Waals surface area contributed by atoms with E-state index in [4.69, 9.17) is 4.74 Å². The Morgan fingerprint density at radius 1 is 1.44 bits per heavy atom. The van der Waals surface area contributed by atoms with Crippen LogP contribution in [0.5, 0.6) is 5.75 Å². The van der Waals surface area contributed by atoms with Gasteiger partial charge in [0.15, 0.2) is 0 Å². The molecule has 0 radical (unpaired) electrons. The molecular formula is C11H14NO5S-. The van der Waals surface area contributed by atoms with E-state index in [-0.39, 0.29) is 5.75 Å². The van der Waals surface area contributed by atoms with Gasteiger partial charge in [0.25, 0.3) is 0 Å². The maximum absolute atomic E-state index is 11.4. The van der Waals surface area contributed by atoms with Crippen LogP contribution in [0.15, 0.2) is 18.2 Å². The van der Waals surface area contributed by atoms with E-state index in [1.54, 1.807) is 18.2 Å². The lowest BCUT2D eigenvalue weighted by molar-refractivity contribution is 0.180. The van der Waals surface area contributed by atoms with E-state index in [1.165, 1.54) is 26.2 Å². The first-order valence-corrected chi connectivity index (χ1v) is 6.28. The van der Waals surface area contributed by atoms with E-state index in [9.17, 15) is 13.6 Å². The van der Waals surface area contributed by atoms with Crippen molar-refractivity contribution < 1.29 is 23.0 Å². The fourth-order valence-electron chi connectivity index (χ4n) is 1.46. The van der Waals surface area contributed by atoms with Crippen LogP contribution in [-0.2, 0) is 21.6 Å². The number of carbonyl (C=O) groups excluding carboxylic acids is 1. The molecule has 1 unspecified atom stereocenters. The number of methoxy groups -OCH3 is 2. The Kier molecular flexibility index (Phi) is 5.11. The first kappa shape index (κ1) is 14.5. The molecular weight excluding hydrogens is 258 g/mol. The van der Waals surface area contributed by atoms with Crippen LogP contribution in [0.2, 0.25) is 0 Å². The molecule has 100 valence electrons. The van der Waals surface area contributed by atoms with Gasteiger partial charge in [-0.2, -0.15) is 0 Å². The molecule has 0 N–H and O–H groups in total. The lowest BCUT2D eigenvalue weighted by Gasteiger charge is -2.19. The number of hydrogen-bond donors (Lipinski definition) is 0. The van der Waals surface area contributed by atoms with Gasteiger partial charge in [0.2, 0.25) is 0 Å². The molecule has 0 bridgehead atoms. The Morgan fingerprint density at radius 2 is 2.11 bits per heavy atom. The third kappa shape index (κ3) is 3.44. The van der Waals surface area contributed by atoms with Gasteiger partial charge in [-0.3, -0.25) is 9.11 Å². The number of ether oxygens (including phenoxy) is 2. The summed E-state index contributed by atoms with van der Waals surface area (Å²) >= 11 is -2.18. The highest BCUT2D eigenvalue weighted by Gasteiger charge is 2.16. The predicted molar refractivity (Wildman–Crippen MR) is 66.4 cm³/mol. The molecule has 1 rings (SSSR count). The van der Waals surface area contributed by atoms with Gasteiger partial charge in [-0.15, -0.1) is 0 Å². The van der Waals surface area contributed by atoms with Gasteiger partial charge in [0, 0.05) is 12.8 Å². The quantitative estimate of drug-likeness (QED) is 0.771. The molecule has 0 heterocycles. The van der Waals surface area contributed by atoms with Gasteiger partial charge < -0.3 is 14.0 Å². The zero-order chi connectivity index (χ0) is 13.7. The number of rotatable bonds is 4. The van der Waals surface area contributed by atoms with E-state index >= 15 is 0 Å².